The van der Waals surface area contributed by atoms with E-state index in [1.54, 1.807) is 0 Å². The summed E-state index contributed by atoms with van der Waals surface area (Å²) in [5.41, 5.74) is 0.197. The van der Waals surface area contributed by atoms with Gasteiger partial charge in [-0.3, -0.25) is 4.79 Å². The topological polar surface area (TPSA) is 88.5 Å². The van der Waals surface area contributed by atoms with Gasteiger partial charge in [-0.1, -0.05) is 26.7 Å². The molecule has 2 atom stereocenters. The molecule has 2 N–H and O–H groups in total. The number of nitrogens with one attached hydrogen (secondary N) is 1. The van der Waals surface area contributed by atoms with Gasteiger partial charge in [0.25, 0.3) is 5.91 Å². The standard InChI is InChI=1S/C17H24N2O4/c1-3-11(4-2)15-10-13(6-8-23-15)19-16(20)12-5-7-18-14(9-12)17(21)22/h5,7,9,11,13,15H,3-4,6,8,10H2,1-2H3,(H,19,20)(H,21,22). The fraction of sp³-hybridized carbons (Fsp3) is 0.588. The zero-order valence-electron chi connectivity index (χ0n) is 13.6. The Hall–Kier alpha value is -1.95. The van der Waals surface area contributed by atoms with Crippen molar-refractivity contribution in [2.45, 2.75) is 51.7 Å². The highest BCUT2D eigenvalue weighted by Gasteiger charge is 2.28. The van der Waals surface area contributed by atoms with Crippen molar-refractivity contribution >= 4 is 11.9 Å². The minimum atomic E-state index is -1.14. The van der Waals surface area contributed by atoms with E-state index in [1.807, 2.05) is 0 Å². The number of aromatic nitrogens is 1. The maximum Gasteiger partial charge on any atom is 0.354 e. The summed E-state index contributed by atoms with van der Waals surface area (Å²) in [5.74, 6) is -0.890. The van der Waals surface area contributed by atoms with E-state index >= 15 is 0 Å². The largest absolute Gasteiger partial charge is 0.477 e. The summed E-state index contributed by atoms with van der Waals surface area (Å²) in [4.78, 5) is 27.0. The number of carboxylic acid groups (broad SMARTS) is 1. The van der Waals surface area contributed by atoms with E-state index in [0.717, 1.165) is 25.7 Å². The highest BCUT2D eigenvalue weighted by Crippen LogP contribution is 2.25. The second kappa shape index (κ2) is 8.06. The van der Waals surface area contributed by atoms with Gasteiger partial charge < -0.3 is 15.2 Å². The molecule has 2 heterocycles. The summed E-state index contributed by atoms with van der Waals surface area (Å²) in [7, 11) is 0. The van der Waals surface area contributed by atoms with Crippen molar-refractivity contribution in [2.75, 3.05) is 6.61 Å². The smallest absolute Gasteiger partial charge is 0.354 e. The molecule has 1 saturated heterocycles. The maximum absolute atomic E-state index is 12.3. The molecule has 6 heteroatoms. The second-order valence-electron chi connectivity index (χ2n) is 5.92. The summed E-state index contributed by atoms with van der Waals surface area (Å²) in [6, 6.07) is 2.89. The zero-order valence-corrected chi connectivity index (χ0v) is 13.6. The second-order valence-corrected chi connectivity index (χ2v) is 5.92. The van der Waals surface area contributed by atoms with Crippen LogP contribution in [0.5, 0.6) is 0 Å². The van der Waals surface area contributed by atoms with E-state index in [-0.39, 0.29) is 23.7 Å². The number of carboxylic acids is 1. The van der Waals surface area contributed by atoms with Gasteiger partial charge in [0.15, 0.2) is 0 Å². The predicted molar refractivity (Wildman–Crippen MR) is 85.5 cm³/mol. The van der Waals surface area contributed by atoms with E-state index in [2.05, 4.69) is 24.1 Å². The van der Waals surface area contributed by atoms with Gasteiger partial charge in [-0.25, -0.2) is 9.78 Å². The lowest BCUT2D eigenvalue weighted by atomic mass is 9.89. The first-order chi connectivity index (χ1) is 11.0. The number of pyridine rings is 1. The molecule has 0 aromatic carbocycles. The van der Waals surface area contributed by atoms with Gasteiger partial charge in [-0.15, -0.1) is 0 Å². The third-order valence-electron chi connectivity index (χ3n) is 4.47. The monoisotopic (exact) mass is 320 g/mol. The molecule has 0 bridgehead atoms. The number of carbonyl (C=O) groups is 2. The SMILES string of the molecule is CCC(CC)C1CC(NC(=O)c2ccnc(C(=O)O)c2)CCO1. The van der Waals surface area contributed by atoms with Crippen LogP contribution in [-0.4, -0.2) is 40.7 Å². The number of amides is 1. The molecule has 1 amide bonds. The highest BCUT2D eigenvalue weighted by atomic mass is 16.5. The lowest BCUT2D eigenvalue weighted by molar-refractivity contribution is -0.0337. The molecule has 1 aromatic rings. The maximum atomic E-state index is 12.3. The van der Waals surface area contributed by atoms with Gasteiger partial charge in [0, 0.05) is 24.4 Å². The van der Waals surface area contributed by atoms with E-state index in [1.165, 1.54) is 18.3 Å². The fourth-order valence-corrected chi connectivity index (χ4v) is 3.06. The van der Waals surface area contributed by atoms with Crippen molar-refractivity contribution in [3.63, 3.8) is 0 Å². The summed E-state index contributed by atoms with van der Waals surface area (Å²) >= 11 is 0. The molecular formula is C17H24N2O4. The Kier molecular flexibility index (Phi) is 6.10. The van der Waals surface area contributed by atoms with Crippen LogP contribution in [0.25, 0.3) is 0 Å². The van der Waals surface area contributed by atoms with Crippen molar-refractivity contribution in [1.29, 1.82) is 0 Å². The Bertz CT molecular complexity index is 557. The first-order valence-corrected chi connectivity index (χ1v) is 8.16. The van der Waals surface area contributed by atoms with Crippen LogP contribution in [0.4, 0.5) is 0 Å². The van der Waals surface area contributed by atoms with Crippen LogP contribution in [0.2, 0.25) is 0 Å². The van der Waals surface area contributed by atoms with E-state index in [0.29, 0.717) is 18.1 Å². The average Bonchev–Trinajstić information content (AvgIpc) is 2.56. The molecular weight excluding hydrogens is 296 g/mol. The molecule has 126 valence electrons. The fourth-order valence-electron chi connectivity index (χ4n) is 3.06. The third kappa shape index (κ3) is 4.51. The van der Waals surface area contributed by atoms with Gasteiger partial charge in [0.2, 0.25) is 0 Å². The molecule has 0 radical (unpaired) electrons. The van der Waals surface area contributed by atoms with Gasteiger partial charge in [0.1, 0.15) is 5.69 Å². The molecule has 0 aliphatic carbocycles. The Morgan fingerprint density at radius 1 is 1.43 bits per heavy atom. The number of hydrogen-bond donors (Lipinski definition) is 2. The number of hydrogen-bond acceptors (Lipinski definition) is 4. The lowest BCUT2D eigenvalue weighted by Crippen LogP contribution is -2.44. The van der Waals surface area contributed by atoms with Gasteiger partial charge in [-0.2, -0.15) is 0 Å². The van der Waals surface area contributed by atoms with E-state index < -0.39 is 5.97 Å². The molecule has 6 nitrogen and oxygen atoms in total. The van der Waals surface area contributed by atoms with Crippen LogP contribution in [0, 0.1) is 5.92 Å². The zero-order chi connectivity index (χ0) is 16.8. The Labute approximate surface area is 136 Å². The number of carbonyl (C=O) groups excluding carboxylic acids is 1. The molecule has 0 saturated carbocycles. The quantitative estimate of drug-likeness (QED) is 0.840. The summed E-state index contributed by atoms with van der Waals surface area (Å²) in [6.07, 6.45) is 5.22. The number of rotatable bonds is 6. The first kappa shape index (κ1) is 17.4. The van der Waals surface area contributed by atoms with Gasteiger partial charge >= 0.3 is 5.97 Å². The average molecular weight is 320 g/mol. The van der Waals surface area contributed by atoms with E-state index in [4.69, 9.17) is 9.84 Å². The molecule has 23 heavy (non-hydrogen) atoms. The Morgan fingerprint density at radius 2 is 2.17 bits per heavy atom. The molecule has 1 fully saturated rings. The normalized spacial score (nSPS) is 21.2. The first-order valence-electron chi connectivity index (χ1n) is 8.16. The van der Waals surface area contributed by atoms with Gasteiger partial charge in [-0.05, 0) is 30.9 Å². The van der Waals surface area contributed by atoms with Crippen LogP contribution in [0.3, 0.4) is 0 Å². The van der Waals surface area contributed by atoms with Crippen molar-refractivity contribution < 1.29 is 19.4 Å². The minimum Gasteiger partial charge on any atom is -0.477 e. The molecule has 1 aliphatic rings. The Balaban J connectivity index is 1.99. The van der Waals surface area contributed by atoms with Crippen LogP contribution in [0.1, 0.15) is 60.4 Å². The van der Waals surface area contributed by atoms with Crippen LogP contribution < -0.4 is 5.32 Å². The summed E-state index contributed by atoms with van der Waals surface area (Å²) in [6.45, 7) is 4.96. The van der Waals surface area contributed by atoms with Crippen LogP contribution in [0.15, 0.2) is 18.3 Å². The minimum absolute atomic E-state index is 0.0586. The van der Waals surface area contributed by atoms with Crippen molar-refractivity contribution in [2.24, 2.45) is 5.92 Å². The molecule has 1 aliphatic heterocycles. The summed E-state index contributed by atoms with van der Waals surface area (Å²) < 4.78 is 5.85. The van der Waals surface area contributed by atoms with E-state index in [9.17, 15) is 9.59 Å². The number of aromatic carboxylic acids is 1. The molecule has 1 aromatic heterocycles. The highest BCUT2D eigenvalue weighted by molar-refractivity contribution is 5.96. The third-order valence-corrected chi connectivity index (χ3v) is 4.47. The number of nitrogens with zero attached hydrogens (tertiary/aromatic N) is 1. The molecule has 2 unspecified atom stereocenters. The van der Waals surface area contributed by atoms with Crippen molar-refractivity contribution in [1.82, 2.24) is 10.3 Å². The predicted octanol–water partition coefficient (Wildman–Crippen LogP) is 2.49. The van der Waals surface area contributed by atoms with Crippen molar-refractivity contribution in [3.8, 4) is 0 Å². The van der Waals surface area contributed by atoms with Crippen LogP contribution >= 0.6 is 0 Å². The van der Waals surface area contributed by atoms with Gasteiger partial charge in [0.05, 0.1) is 6.10 Å². The lowest BCUT2D eigenvalue weighted by Gasteiger charge is -2.34. The number of ether oxygens (including phenoxy) is 1. The molecule has 0 spiro atoms. The summed E-state index contributed by atoms with van der Waals surface area (Å²) in [5, 5.41) is 11.9. The molecule has 2 rings (SSSR count). The van der Waals surface area contributed by atoms with Crippen molar-refractivity contribution in [3.05, 3.63) is 29.6 Å². The Morgan fingerprint density at radius 3 is 2.83 bits per heavy atom. The van der Waals surface area contributed by atoms with Crippen LogP contribution in [-0.2, 0) is 4.74 Å².